The molecule has 102 valence electrons. The second kappa shape index (κ2) is 6.22. The minimum absolute atomic E-state index is 0.510. The molecule has 1 rings (SSSR count). The summed E-state index contributed by atoms with van der Waals surface area (Å²) in [7, 11) is 0. The van der Waals surface area contributed by atoms with Crippen LogP contribution in [0.3, 0.4) is 0 Å². The lowest BCUT2D eigenvalue weighted by Gasteiger charge is -2.42. The van der Waals surface area contributed by atoms with Crippen LogP contribution in [0.4, 0.5) is 0 Å². The third-order valence-electron chi connectivity index (χ3n) is 5.03. The van der Waals surface area contributed by atoms with Gasteiger partial charge in [0.25, 0.3) is 0 Å². The maximum Gasteiger partial charge on any atom is 0.00103 e. The smallest absolute Gasteiger partial charge is 0.00103 e. The highest BCUT2D eigenvalue weighted by Crippen LogP contribution is 2.44. The van der Waals surface area contributed by atoms with E-state index < -0.39 is 0 Å². The molecule has 1 N–H and O–H groups in total. The van der Waals surface area contributed by atoms with Crippen molar-refractivity contribution in [3.8, 4) is 0 Å². The lowest BCUT2D eigenvalue weighted by atomic mass is 9.64. The fourth-order valence-corrected chi connectivity index (χ4v) is 3.14. The monoisotopic (exact) mass is 239 g/mol. The summed E-state index contributed by atoms with van der Waals surface area (Å²) in [4.78, 5) is 0. The van der Waals surface area contributed by atoms with Crippen molar-refractivity contribution < 1.29 is 0 Å². The molecule has 1 aliphatic rings. The molecule has 17 heavy (non-hydrogen) atoms. The van der Waals surface area contributed by atoms with Gasteiger partial charge in [-0.05, 0) is 49.0 Å². The van der Waals surface area contributed by atoms with Gasteiger partial charge in [-0.2, -0.15) is 0 Å². The van der Waals surface area contributed by atoms with Gasteiger partial charge >= 0.3 is 0 Å². The Morgan fingerprint density at radius 1 is 1.12 bits per heavy atom. The molecule has 0 aromatic rings. The third kappa shape index (κ3) is 4.62. The highest BCUT2D eigenvalue weighted by Gasteiger charge is 2.34. The van der Waals surface area contributed by atoms with Crippen LogP contribution in [0.5, 0.6) is 0 Å². The van der Waals surface area contributed by atoms with E-state index in [4.69, 9.17) is 0 Å². The summed E-state index contributed by atoms with van der Waals surface area (Å²) in [6, 6.07) is 0.621. The average Bonchev–Trinajstić information content (AvgIpc) is 2.21. The molecule has 0 heterocycles. The van der Waals surface area contributed by atoms with Gasteiger partial charge in [0.05, 0.1) is 0 Å². The highest BCUT2D eigenvalue weighted by atomic mass is 14.9. The van der Waals surface area contributed by atoms with Crippen LogP contribution in [0.2, 0.25) is 0 Å². The van der Waals surface area contributed by atoms with Gasteiger partial charge in [0.15, 0.2) is 0 Å². The second-order valence-electron chi connectivity index (χ2n) is 7.31. The van der Waals surface area contributed by atoms with Gasteiger partial charge < -0.3 is 5.32 Å². The molecule has 0 aliphatic heterocycles. The quantitative estimate of drug-likeness (QED) is 0.746. The Morgan fingerprint density at radius 2 is 1.76 bits per heavy atom. The molecule has 0 aromatic carbocycles. The lowest BCUT2D eigenvalue weighted by molar-refractivity contribution is 0.0925. The number of hydrogen-bond acceptors (Lipinski definition) is 1. The molecular formula is C16H33N. The van der Waals surface area contributed by atoms with Crippen LogP contribution in [-0.2, 0) is 0 Å². The molecule has 3 atom stereocenters. The molecule has 3 unspecified atom stereocenters. The van der Waals surface area contributed by atoms with Crippen LogP contribution in [0.25, 0.3) is 0 Å². The van der Waals surface area contributed by atoms with Crippen molar-refractivity contribution in [2.24, 2.45) is 23.2 Å². The van der Waals surface area contributed by atoms with E-state index in [1.54, 1.807) is 0 Å². The summed E-state index contributed by atoms with van der Waals surface area (Å²) >= 11 is 0. The van der Waals surface area contributed by atoms with Gasteiger partial charge in [-0.15, -0.1) is 0 Å². The summed E-state index contributed by atoms with van der Waals surface area (Å²) in [6.45, 7) is 15.5. The maximum absolute atomic E-state index is 3.56. The summed E-state index contributed by atoms with van der Waals surface area (Å²) in [5, 5.41) is 3.56. The molecule has 1 saturated carbocycles. The zero-order valence-corrected chi connectivity index (χ0v) is 12.8. The van der Waals surface area contributed by atoms with Crippen LogP contribution < -0.4 is 5.32 Å². The second-order valence-corrected chi connectivity index (χ2v) is 7.31. The van der Waals surface area contributed by atoms with Crippen LogP contribution >= 0.6 is 0 Å². The van der Waals surface area contributed by atoms with Crippen molar-refractivity contribution in [3.63, 3.8) is 0 Å². The molecule has 1 aliphatic carbocycles. The summed E-state index contributed by atoms with van der Waals surface area (Å²) in [5.74, 6) is 2.80. The number of nitrogens with one attached hydrogen (secondary N) is 1. The zero-order valence-electron chi connectivity index (χ0n) is 12.8. The van der Waals surface area contributed by atoms with Crippen LogP contribution in [0.1, 0.15) is 67.2 Å². The van der Waals surface area contributed by atoms with Crippen molar-refractivity contribution in [2.75, 3.05) is 6.54 Å². The van der Waals surface area contributed by atoms with E-state index >= 15 is 0 Å². The molecule has 0 saturated heterocycles. The Kier molecular flexibility index (Phi) is 5.50. The average molecular weight is 239 g/mol. The minimum Gasteiger partial charge on any atom is -0.315 e. The minimum atomic E-state index is 0.510. The predicted octanol–water partition coefficient (Wildman–Crippen LogP) is 4.47. The van der Waals surface area contributed by atoms with E-state index in [1.807, 2.05) is 0 Å². The summed E-state index contributed by atoms with van der Waals surface area (Å²) < 4.78 is 0. The number of hydrogen-bond donors (Lipinski definition) is 1. The Balaban J connectivity index is 2.41. The Labute approximate surface area is 109 Å². The van der Waals surface area contributed by atoms with Crippen LogP contribution in [-0.4, -0.2) is 12.6 Å². The van der Waals surface area contributed by atoms with Gasteiger partial charge in [-0.3, -0.25) is 0 Å². The van der Waals surface area contributed by atoms with Gasteiger partial charge in [-0.1, -0.05) is 48.0 Å². The molecule has 1 nitrogen and oxygen atoms in total. The van der Waals surface area contributed by atoms with E-state index in [2.05, 4.69) is 46.9 Å². The fraction of sp³-hybridized carbons (Fsp3) is 1.00. The van der Waals surface area contributed by atoms with E-state index in [-0.39, 0.29) is 0 Å². The van der Waals surface area contributed by atoms with Crippen LogP contribution in [0.15, 0.2) is 0 Å². The topological polar surface area (TPSA) is 12.0 Å². The van der Waals surface area contributed by atoms with Crippen molar-refractivity contribution >= 4 is 0 Å². The van der Waals surface area contributed by atoms with Gasteiger partial charge in [0, 0.05) is 6.04 Å². The molecule has 0 radical (unpaired) electrons. The molecule has 1 fully saturated rings. The van der Waals surface area contributed by atoms with E-state index in [9.17, 15) is 0 Å². The summed E-state index contributed by atoms with van der Waals surface area (Å²) in [6.07, 6.45) is 5.64. The van der Waals surface area contributed by atoms with Crippen molar-refractivity contribution in [2.45, 2.75) is 73.3 Å². The molecule has 0 amide bonds. The standard InChI is InChI=1S/C16H33N/c1-12(2)17-10-9-16(5,6)15-8-7-13(3)14(4)11-15/h12-15,17H,7-11H2,1-6H3. The first-order valence-electron chi connectivity index (χ1n) is 7.56. The van der Waals surface area contributed by atoms with Crippen molar-refractivity contribution in [3.05, 3.63) is 0 Å². The van der Waals surface area contributed by atoms with E-state index in [0.29, 0.717) is 11.5 Å². The van der Waals surface area contributed by atoms with Crippen molar-refractivity contribution in [1.29, 1.82) is 0 Å². The largest absolute Gasteiger partial charge is 0.315 e. The van der Waals surface area contributed by atoms with Crippen LogP contribution in [0, 0.1) is 23.2 Å². The molecule has 1 heteroatoms. The first kappa shape index (κ1) is 15.0. The predicted molar refractivity (Wildman–Crippen MR) is 77.2 cm³/mol. The zero-order chi connectivity index (χ0) is 13.1. The van der Waals surface area contributed by atoms with Gasteiger partial charge in [-0.25, -0.2) is 0 Å². The van der Waals surface area contributed by atoms with Gasteiger partial charge in [0.2, 0.25) is 0 Å². The molecular weight excluding hydrogens is 206 g/mol. The van der Waals surface area contributed by atoms with E-state index in [1.165, 1.54) is 32.2 Å². The van der Waals surface area contributed by atoms with Gasteiger partial charge in [0.1, 0.15) is 0 Å². The Morgan fingerprint density at radius 3 is 2.29 bits per heavy atom. The first-order chi connectivity index (χ1) is 7.83. The third-order valence-corrected chi connectivity index (χ3v) is 5.03. The summed E-state index contributed by atoms with van der Waals surface area (Å²) in [5.41, 5.74) is 0.510. The fourth-order valence-electron chi connectivity index (χ4n) is 3.14. The SMILES string of the molecule is CC(C)NCCC(C)(C)C1CCC(C)C(C)C1. The normalized spacial score (nSPS) is 30.9. The molecule has 0 aromatic heterocycles. The maximum atomic E-state index is 3.56. The Hall–Kier alpha value is -0.0400. The van der Waals surface area contributed by atoms with E-state index in [0.717, 1.165) is 17.8 Å². The van der Waals surface area contributed by atoms with Crippen molar-refractivity contribution in [1.82, 2.24) is 5.32 Å². The number of rotatable bonds is 5. The first-order valence-corrected chi connectivity index (χ1v) is 7.56. The lowest BCUT2D eigenvalue weighted by Crippen LogP contribution is -2.35. The highest BCUT2D eigenvalue weighted by molar-refractivity contribution is 4.85. The molecule has 0 spiro atoms. The Bertz CT molecular complexity index is 220. The molecule has 0 bridgehead atoms.